The van der Waals surface area contributed by atoms with Gasteiger partial charge in [0.1, 0.15) is 18.2 Å². The Morgan fingerprint density at radius 2 is 1.55 bits per heavy atom. The second kappa shape index (κ2) is 10.4. The van der Waals surface area contributed by atoms with E-state index in [0.717, 1.165) is 29.1 Å². The number of para-hydroxylation sites is 1. The average molecular weight is 587 g/mol. The minimum atomic E-state index is -0.219. The van der Waals surface area contributed by atoms with E-state index < -0.39 is 0 Å². The van der Waals surface area contributed by atoms with E-state index in [2.05, 4.69) is 149 Å². The van der Waals surface area contributed by atoms with Gasteiger partial charge in [-0.3, -0.25) is 5.32 Å². The highest BCUT2D eigenvalue weighted by atomic mass is 32.2. The molecular formula is C39H30N4S. The third-order valence-corrected chi connectivity index (χ3v) is 10.3. The van der Waals surface area contributed by atoms with Gasteiger partial charge in [0.15, 0.2) is 0 Å². The number of nitrogens with zero attached hydrogens (tertiary/aromatic N) is 2. The highest BCUT2D eigenvalue weighted by Gasteiger charge is 2.32. The van der Waals surface area contributed by atoms with E-state index in [9.17, 15) is 0 Å². The van der Waals surface area contributed by atoms with Gasteiger partial charge in [-0.15, -0.1) is 0 Å². The van der Waals surface area contributed by atoms with Gasteiger partial charge in [0.05, 0.1) is 11.0 Å². The Bertz CT molecular complexity index is 2140. The van der Waals surface area contributed by atoms with Crippen molar-refractivity contribution in [2.24, 2.45) is 4.99 Å². The summed E-state index contributed by atoms with van der Waals surface area (Å²) in [5.41, 5.74) is 8.51. The molecule has 0 saturated carbocycles. The second-order valence-corrected chi connectivity index (χ2v) is 12.7. The Labute approximate surface area is 260 Å². The first kappa shape index (κ1) is 25.6. The summed E-state index contributed by atoms with van der Waals surface area (Å²) in [5.74, 6) is 1.35. The van der Waals surface area contributed by atoms with Crippen LogP contribution in [0.2, 0.25) is 0 Å². The topological polar surface area (TPSA) is 41.4 Å². The molecule has 0 bridgehead atoms. The quantitative estimate of drug-likeness (QED) is 0.216. The molecule has 5 heteroatoms. The number of fused-ring (bicyclic) bond motifs is 7. The van der Waals surface area contributed by atoms with Crippen molar-refractivity contribution in [3.05, 3.63) is 167 Å². The molecule has 212 valence electrons. The molecule has 0 radical (unpaired) electrons. The summed E-state index contributed by atoms with van der Waals surface area (Å²) < 4.78 is 2.48. The van der Waals surface area contributed by atoms with Gasteiger partial charge in [0.2, 0.25) is 0 Å². The lowest BCUT2D eigenvalue weighted by Crippen LogP contribution is -2.44. The fourth-order valence-electron chi connectivity index (χ4n) is 6.93. The number of benzene rings is 5. The van der Waals surface area contributed by atoms with Crippen molar-refractivity contribution in [1.29, 1.82) is 0 Å². The van der Waals surface area contributed by atoms with E-state index >= 15 is 0 Å². The first-order valence-corrected chi connectivity index (χ1v) is 16.1. The lowest BCUT2D eigenvalue weighted by molar-refractivity contribution is 0.409. The van der Waals surface area contributed by atoms with Crippen molar-refractivity contribution < 1.29 is 0 Å². The number of hydrogen-bond donors (Lipinski definition) is 2. The maximum Gasteiger partial charge on any atom is 0.131 e. The number of hydrogen-bond acceptors (Lipinski definition) is 4. The van der Waals surface area contributed by atoms with Gasteiger partial charge in [-0.05, 0) is 46.2 Å². The predicted molar refractivity (Wildman–Crippen MR) is 182 cm³/mol. The Kier molecular flexibility index (Phi) is 6.06. The molecule has 1 aliphatic carbocycles. The molecule has 0 saturated heterocycles. The smallest absolute Gasteiger partial charge is 0.131 e. The largest absolute Gasteiger partial charge is 0.350 e. The monoisotopic (exact) mass is 586 g/mol. The molecule has 44 heavy (non-hydrogen) atoms. The standard InChI is InChI=1S/C39H30N4S/c1-3-12-25(13-4-1)37-40-38(26-14-5-2-6-15-26)42-39(41-37)27-16-11-17-28(24-27)43-33-20-9-7-18-29(33)31-22-23-32-30-19-8-10-21-34(30)44-36(32)35(31)43/h1-18,20-24,30,37,39,41H,19H2,(H,40,42). The van der Waals surface area contributed by atoms with Gasteiger partial charge < -0.3 is 9.88 Å². The fraction of sp³-hybridized carbons (Fsp3) is 0.103. The van der Waals surface area contributed by atoms with Crippen LogP contribution in [-0.4, -0.2) is 10.4 Å². The lowest BCUT2D eigenvalue weighted by atomic mass is 9.92. The zero-order chi connectivity index (χ0) is 29.0. The Hall–Kier alpha value is -4.84. The van der Waals surface area contributed by atoms with Gasteiger partial charge in [0, 0.05) is 32.8 Å². The molecule has 2 N–H and O–H groups in total. The van der Waals surface area contributed by atoms with E-state index in [0.29, 0.717) is 5.92 Å². The number of aromatic nitrogens is 1. The van der Waals surface area contributed by atoms with Crippen LogP contribution in [0, 0.1) is 0 Å². The van der Waals surface area contributed by atoms with Crippen molar-refractivity contribution in [2.75, 3.05) is 0 Å². The van der Waals surface area contributed by atoms with Crippen LogP contribution < -0.4 is 10.6 Å². The second-order valence-electron chi connectivity index (χ2n) is 11.6. The van der Waals surface area contributed by atoms with Gasteiger partial charge in [0.25, 0.3) is 0 Å². The highest BCUT2D eigenvalue weighted by molar-refractivity contribution is 8.03. The third kappa shape index (κ3) is 4.15. The molecule has 3 atom stereocenters. The Morgan fingerprint density at radius 3 is 2.43 bits per heavy atom. The normalized spacial score (nSPS) is 20.6. The number of rotatable bonds is 4. The van der Waals surface area contributed by atoms with Crippen LogP contribution in [0.1, 0.15) is 46.9 Å². The summed E-state index contributed by atoms with van der Waals surface area (Å²) >= 11 is 1.95. The molecule has 3 aliphatic rings. The molecule has 0 spiro atoms. The fourth-order valence-corrected chi connectivity index (χ4v) is 8.30. The summed E-state index contributed by atoms with van der Waals surface area (Å²) in [7, 11) is 0. The highest BCUT2D eigenvalue weighted by Crippen LogP contribution is 2.55. The molecule has 5 aromatic carbocycles. The van der Waals surface area contributed by atoms with Gasteiger partial charge in [-0.1, -0.05) is 133 Å². The molecular weight excluding hydrogens is 557 g/mol. The minimum absolute atomic E-state index is 0.0734. The van der Waals surface area contributed by atoms with Crippen molar-refractivity contribution in [1.82, 2.24) is 15.2 Å². The minimum Gasteiger partial charge on any atom is -0.350 e. The zero-order valence-corrected chi connectivity index (χ0v) is 24.8. The lowest BCUT2D eigenvalue weighted by Gasteiger charge is -2.32. The van der Waals surface area contributed by atoms with Crippen molar-refractivity contribution >= 4 is 39.4 Å². The maximum absolute atomic E-state index is 5.22. The zero-order valence-electron chi connectivity index (χ0n) is 24.0. The van der Waals surface area contributed by atoms with E-state index in [1.54, 1.807) is 0 Å². The molecule has 4 nitrogen and oxygen atoms in total. The van der Waals surface area contributed by atoms with E-state index in [-0.39, 0.29) is 12.3 Å². The van der Waals surface area contributed by atoms with Crippen LogP contribution in [0.5, 0.6) is 0 Å². The van der Waals surface area contributed by atoms with E-state index in [4.69, 9.17) is 4.99 Å². The van der Waals surface area contributed by atoms with Gasteiger partial charge in [-0.2, -0.15) is 0 Å². The van der Waals surface area contributed by atoms with Crippen LogP contribution in [0.15, 0.2) is 154 Å². The summed E-state index contributed by atoms with van der Waals surface area (Å²) in [6, 6.07) is 43.4. The number of thioether (sulfide) groups is 1. The van der Waals surface area contributed by atoms with Crippen LogP contribution in [0.4, 0.5) is 0 Å². The molecule has 6 aromatic rings. The summed E-state index contributed by atoms with van der Waals surface area (Å²) in [5, 5.41) is 10.0. The molecule has 9 rings (SSSR count). The third-order valence-electron chi connectivity index (χ3n) is 9.02. The number of amidine groups is 1. The SMILES string of the molecule is C1=CCC2C(=C1)Sc1c2ccc2c3ccccc3n(-c3cccc(C4N=C(c5ccccc5)NC(c5ccccc5)N4)c3)c12. The number of aliphatic imine (C=N–C) groups is 1. The van der Waals surface area contributed by atoms with Crippen molar-refractivity contribution in [2.45, 2.75) is 29.6 Å². The number of nitrogens with one attached hydrogen (secondary N) is 2. The molecule has 1 aromatic heterocycles. The predicted octanol–water partition coefficient (Wildman–Crippen LogP) is 9.15. The van der Waals surface area contributed by atoms with E-state index in [1.165, 1.54) is 42.7 Å². The van der Waals surface area contributed by atoms with E-state index in [1.807, 2.05) is 17.8 Å². The van der Waals surface area contributed by atoms with Crippen LogP contribution in [0.25, 0.3) is 27.5 Å². The van der Waals surface area contributed by atoms with Gasteiger partial charge in [-0.25, -0.2) is 4.99 Å². The summed E-state index contributed by atoms with van der Waals surface area (Å²) in [6.07, 6.45) is 7.58. The maximum atomic E-state index is 5.22. The summed E-state index contributed by atoms with van der Waals surface area (Å²) in [4.78, 5) is 8.06. The first-order valence-electron chi connectivity index (χ1n) is 15.2. The molecule has 3 unspecified atom stereocenters. The Balaban J connectivity index is 1.20. The molecule has 3 heterocycles. The van der Waals surface area contributed by atoms with Crippen molar-refractivity contribution in [3.63, 3.8) is 0 Å². The number of allylic oxidation sites excluding steroid dienone is 4. The van der Waals surface area contributed by atoms with Crippen LogP contribution in [0.3, 0.4) is 0 Å². The van der Waals surface area contributed by atoms with Gasteiger partial charge >= 0.3 is 0 Å². The van der Waals surface area contributed by atoms with Crippen LogP contribution >= 0.6 is 11.8 Å². The average Bonchev–Trinajstić information content (AvgIpc) is 3.65. The Morgan fingerprint density at radius 1 is 0.750 bits per heavy atom. The first-order chi connectivity index (χ1) is 21.8. The molecule has 2 aliphatic heterocycles. The molecule has 0 fully saturated rings. The van der Waals surface area contributed by atoms with Crippen molar-refractivity contribution in [3.8, 4) is 5.69 Å². The van der Waals surface area contributed by atoms with Crippen LogP contribution in [-0.2, 0) is 0 Å². The molecule has 0 amide bonds. The summed E-state index contributed by atoms with van der Waals surface area (Å²) in [6.45, 7) is 0.